The van der Waals surface area contributed by atoms with E-state index < -0.39 is 11.9 Å². The van der Waals surface area contributed by atoms with Crippen LogP contribution in [-0.2, 0) is 4.74 Å². The van der Waals surface area contributed by atoms with Crippen LogP contribution in [0.5, 0.6) is 0 Å². The number of amides is 1. The molecule has 4 nitrogen and oxygen atoms in total. The summed E-state index contributed by atoms with van der Waals surface area (Å²) in [6.45, 7) is 0.265. The van der Waals surface area contributed by atoms with Gasteiger partial charge in [0.2, 0.25) is 0 Å². The number of carbonyl (C=O) groups is 1. The van der Waals surface area contributed by atoms with Crippen molar-refractivity contribution in [1.82, 2.24) is 5.32 Å². The summed E-state index contributed by atoms with van der Waals surface area (Å²) < 4.78 is 19.1. The van der Waals surface area contributed by atoms with Crippen LogP contribution in [0.3, 0.4) is 0 Å². The Kier molecular flexibility index (Phi) is 5.60. The van der Waals surface area contributed by atoms with Gasteiger partial charge in [0.1, 0.15) is 6.61 Å². The molecule has 0 atom stereocenters. The van der Waals surface area contributed by atoms with E-state index in [0.717, 1.165) is 11.1 Å². The number of nitrogens with two attached hydrogens (primary N) is 1. The van der Waals surface area contributed by atoms with Crippen molar-refractivity contribution in [1.29, 1.82) is 0 Å². The van der Waals surface area contributed by atoms with Crippen molar-refractivity contribution < 1.29 is 13.9 Å². The van der Waals surface area contributed by atoms with Gasteiger partial charge in [-0.25, -0.2) is 9.18 Å². The number of hydrogen-bond donors (Lipinski definition) is 2. The van der Waals surface area contributed by atoms with E-state index in [1.165, 1.54) is 23.3 Å². The molecule has 1 amide bonds. The monoisotopic (exact) mass is 420 g/mol. The van der Waals surface area contributed by atoms with Gasteiger partial charge < -0.3 is 15.8 Å². The molecule has 1 aliphatic rings. The highest BCUT2D eigenvalue weighted by Gasteiger charge is 2.28. The van der Waals surface area contributed by atoms with Crippen molar-refractivity contribution in [2.45, 2.75) is 5.92 Å². The topological polar surface area (TPSA) is 64.3 Å². The summed E-state index contributed by atoms with van der Waals surface area (Å²) in [5.74, 6) is 4.73. The maximum Gasteiger partial charge on any atom is 0.407 e. The smallest absolute Gasteiger partial charge is 0.407 e. The Balaban J connectivity index is 1.36. The molecule has 0 saturated heterocycles. The van der Waals surface area contributed by atoms with Crippen molar-refractivity contribution in [2.24, 2.45) is 0 Å². The summed E-state index contributed by atoms with van der Waals surface area (Å²) in [6, 6.07) is 19.2. The number of carbonyl (C=O) groups excluding carboxylic acids is 1. The first kappa shape index (κ1) is 19.8. The second kappa shape index (κ2) is 8.48. The fourth-order valence-electron chi connectivity index (χ4n) is 3.57. The molecule has 30 heavy (non-hydrogen) atoms. The Bertz CT molecular complexity index is 1140. The molecule has 150 valence electrons. The molecule has 1 aliphatic carbocycles. The number of hydrogen-bond acceptors (Lipinski definition) is 3. The molecule has 0 aliphatic heterocycles. The number of rotatable bonds is 3. The van der Waals surface area contributed by atoms with E-state index in [2.05, 4.69) is 41.4 Å². The second-order valence-corrected chi connectivity index (χ2v) is 7.19. The van der Waals surface area contributed by atoms with Gasteiger partial charge in [-0.05, 0) is 34.4 Å². The largest absolute Gasteiger partial charge is 0.449 e. The van der Waals surface area contributed by atoms with Gasteiger partial charge in [0.25, 0.3) is 0 Å². The van der Waals surface area contributed by atoms with Crippen LogP contribution in [0, 0.1) is 17.7 Å². The van der Waals surface area contributed by atoms with Gasteiger partial charge in [-0.3, -0.25) is 0 Å². The lowest BCUT2D eigenvalue weighted by Gasteiger charge is -2.14. The molecule has 0 heterocycles. The van der Waals surface area contributed by atoms with Crippen LogP contribution in [0.25, 0.3) is 11.1 Å². The van der Waals surface area contributed by atoms with Crippen LogP contribution in [0.1, 0.15) is 22.6 Å². The summed E-state index contributed by atoms with van der Waals surface area (Å²) >= 11 is 5.88. The van der Waals surface area contributed by atoms with E-state index in [1.54, 1.807) is 0 Å². The highest BCUT2D eigenvalue weighted by atomic mass is 35.5. The Hall–Kier alpha value is -3.49. The van der Waals surface area contributed by atoms with Gasteiger partial charge in [-0.2, -0.15) is 0 Å². The van der Waals surface area contributed by atoms with Crippen LogP contribution in [-0.4, -0.2) is 19.2 Å². The third-order valence-electron chi connectivity index (χ3n) is 5.00. The van der Waals surface area contributed by atoms with Crippen molar-refractivity contribution >= 4 is 23.4 Å². The van der Waals surface area contributed by atoms with Gasteiger partial charge in [0, 0.05) is 11.5 Å². The van der Waals surface area contributed by atoms with Gasteiger partial charge >= 0.3 is 6.09 Å². The van der Waals surface area contributed by atoms with Gasteiger partial charge in [-0.1, -0.05) is 72.0 Å². The predicted octanol–water partition coefficient (Wildman–Crippen LogP) is 4.95. The standard InChI is InChI=1S/C24H18ClFN2O2/c25-22-15(11-12-21(27)23(22)26)6-5-13-28-24(29)30-14-20-18-9-3-1-7-16(18)17-8-2-4-10-19(17)20/h1-4,7-12,20H,13-14,27H2,(H,28,29). The van der Waals surface area contributed by atoms with Crippen LogP contribution in [0.15, 0.2) is 60.7 Å². The molecule has 3 N–H and O–H groups in total. The molecular weight excluding hydrogens is 403 g/mol. The third kappa shape index (κ3) is 3.83. The van der Waals surface area contributed by atoms with Crippen LogP contribution >= 0.6 is 11.6 Å². The first-order chi connectivity index (χ1) is 14.6. The van der Waals surface area contributed by atoms with Gasteiger partial charge in [0.15, 0.2) is 5.82 Å². The minimum atomic E-state index is -0.701. The quantitative estimate of drug-likeness (QED) is 0.465. The van der Waals surface area contributed by atoms with Crippen molar-refractivity contribution in [2.75, 3.05) is 18.9 Å². The lowest BCUT2D eigenvalue weighted by atomic mass is 9.98. The van der Waals surface area contributed by atoms with Gasteiger partial charge in [0.05, 0.1) is 17.3 Å². The summed E-state index contributed by atoms with van der Waals surface area (Å²) in [6.07, 6.45) is -0.569. The number of benzene rings is 3. The highest BCUT2D eigenvalue weighted by Crippen LogP contribution is 2.44. The average molecular weight is 421 g/mol. The summed E-state index contributed by atoms with van der Waals surface area (Å²) in [7, 11) is 0. The minimum absolute atomic E-state index is 0.00852. The maximum absolute atomic E-state index is 13.7. The number of alkyl carbamates (subject to hydrolysis) is 1. The molecule has 3 aromatic rings. The molecule has 0 radical (unpaired) electrons. The highest BCUT2D eigenvalue weighted by molar-refractivity contribution is 6.32. The molecule has 6 heteroatoms. The molecule has 0 unspecified atom stereocenters. The number of halogens is 2. The van der Waals surface area contributed by atoms with Crippen LogP contribution < -0.4 is 11.1 Å². The Morgan fingerprint density at radius 1 is 1.07 bits per heavy atom. The SMILES string of the molecule is Nc1ccc(C#CCNC(=O)OCC2c3ccccc3-c3ccccc32)c(Cl)c1F. The Morgan fingerprint density at radius 2 is 1.70 bits per heavy atom. The second-order valence-electron chi connectivity index (χ2n) is 6.81. The number of fused-ring (bicyclic) bond motifs is 3. The lowest BCUT2D eigenvalue weighted by molar-refractivity contribution is 0.144. The minimum Gasteiger partial charge on any atom is -0.449 e. The molecular formula is C24H18ClFN2O2. The van der Waals surface area contributed by atoms with E-state index in [1.807, 2.05) is 24.3 Å². The molecule has 0 saturated carbocycles. The normalized spacial score (nSPS) is 11.8. The first-order valence-corrected chi connectivity index (χ1v) is 9.75. The zero-order valence-corrected chi connectivity index (χ0v) is 16.7. The summed E-state index contributed by atoms with van der Waals surface area (Å²) in [4.78, 5) is 12.1. The molecule has 0 aromatic heterocycles. The fraction of sp³-hybridized carbons (Fsp3) is 0.125. The lowest BCUT2D eigenvalue weighted by Crippen LogP contribution is -2.26. The Labute approximate surface area is 178 Å². The summed E-state index contributed by atoms with van der Waals surface area (Å²) in [5.41, 5.74) is 10.3. The summed E-state index contributed by atoms with van der Waals surface area (Å²) in [5, 5.41) is 2.44. The van der Waals surface area contributed by atoms with Crippen molar-refractivity contribution in [3.05, 3.63) is 88.2 Å². The number of nitrogens with one attached hydrogen (secondary N) is 1. The third-order valence-corrected chi connectivity index (χ3v) is 5.37. The maximum atomic E-state index is 13.7. The molecule has 3 aromatic carbocycles. The average Bonchev–Trinajstić information content (AvgIpc) is 3.09. The van der Waals surface area contributed by atoms with Crippen LogP contribution in [0.4, 0.5) is 14.9 Å². The predicted molar refractivity (Wildman–Crippen MR) is 116 cm³/mol. The molecule has 0 bridgehead atoms. The zero-order valence-electron chi connectivity index (χ0n) is 15.9. The van der Waals surface area contributed by atoms with Crippen molar-refractivity contribution in [3.8, 4) is 23.0 Å². The fourth-order valence-corrected chi connectivity index (χ4v) is 3.79. The Morgan fingerprint density at radius 3 is 2.37 bits per heavy atom. The van der Waals surface area contributed by atoms with Gasteiger partial charge in [-0.15, -0.1) is 0 Å². The van der Waals surface area contributed by atoms with Crippen molar-refractivity contribution in [3.63, 3.8) is 0 Å². The van der Waals surface area contributed by atoms with Crippen LogP contribution in [0.2, 0.25) is 5.02 Å². The van der Waals surface area contributed by atoms with E-state index >= 15 is 0 Å². The van der Waals surface area contributed by atoms with E-state index in [0.29, 0.717) is 5.56 Å². The van der Waals surface area contributed by atoms with E-state index in [9.17, 15) is 9.18 Å². The zero-order chi connectivity index (χ0) is 21.1. The van der Waals surface area contributed by atoms with E-state index in [4.69, 9.17) is 22.1 Å². The number of ether oxygens (including phenoxy) is 1. The van der Waals surface area contributed by atoms with E-state index in [-0.39, 0.29) is 29.8 Å². The molecule has 0 fully saturated rings. The number of anilines is 1. The first-order valence-electron chi connectivity index (χ1n) is 9.37. The molecule has 4 rings (SSSR count). The number of nitrogen functional groups attached to an aromatic ring is 1. The molecule has 0 spiro atoms.